The number of aromatic nitrogens is 2. The van der Waals surface area contributed by atoms with Crippen LogP contribution in [0.5, 0.6) is 0 Å². The minimum atomic E-state index is -4.47. The average molecular weight is 1240 g/mol. The molecule has 0 spiro atoms. The number of likely N-dealkylation sites (tertiary alicyclic amines) is 1. The summed E-state index contributed by atoms with van der Waals surface area (Å²) in [7, 11) is -4.47. The zero-order chi connectivity index (χ0) is 64.1. The van der Waals surface area contributed by atoms with Crippen LogP contribution in [0.4, 0.5) is 11.4 Å². The van der Waals surface area contributed by atoms with Crippen LogP contribution in [0.1, 0.15) is 129 Å². The Labute approximate surface area is 511 Å². The van der Waals surface area contributed by atoms with E-state index >= 15 is 0 Å². The molecule has 1 unspecified atom stereocenters. The number of Topliss-reactive ketones (excluding diaryl/α,β-unsaturated/α-hetero) is 2. The second kappa shape index (κ2) is 29.9. The Morgan fingerprint density at radius 2 is 1.64 bits per heavy atom. The second-order valence-electron chi connectivity index (χ2n) is 23.4. The molecule has 6 rings (SSSR count). The molecule has 3 aliphatic heterocycles. The third-order valence-electron chi connectivity index (χ3n) is 16.2. The molecular formula is C62H82N9O14S2+. The first kappa shape index (κ1) is 68.5. The maximum atomic E-state index is 13.8. The van der Waals surface area contributed by atoms with E-state index in [2.05, 4.69) is 87.4 Å². The van der Waals surface area contributed by atoms with Crippen molar-refractivity contribution in [2.24, 2.45) is 17.6 Å². The van der Waals surface area contributed by atoms with Crippen molar-refractivity contribution >= 4 is 91.9 Å². The second-order valence-corrected chi connectivity index (χ2v) is 26.1. The van der Waals surface area contributed by atoms with Crippen molar-refractivity contribution in [2.45, 2.75) is 159 Å². The van der Waals surface area contributed by atoms with Crippen molar-refractivity contribution in [2.75, 3.05) is 36.8 Å². The van der Waals surface area contributed by atoms with Crippen molar-refractivity contribution in [3.8, 4) is 0 Å². The smallest absolute Gasteiger partial charge is 0.303 e. The highest BCUT2D eigenvalue weighted by atomic mass is 32.2. The van der Waals surface area contributed by atoms with Crippen LogP contribution in [-0.2, 0) is 70.5 Å². The van der Waals surface area contributed by atoms with Crippen LogP contribution < -0.4 is 26.6 Å². The average Bonchev–Trinajstić information content (AvgIpc) is 1.63. The number of primary amides is 1. The number of benzene rings is 2. The summed E-state index contributed by atoms with van der Waals surface area (Å²) in [6, 6.07) is 8.42. The van der Waals surface area contributed by atoms with Crippen LogP contribution in [-0.4, -0.2) is 157 Å². The lowest BCUT2D eigenvalue weighted by molar-refractivity contribution is -0.438. The summed E-state index contributed by atoms with van der Waals surface area (Å²) < 4.78 is 36.6. The molecule has 0 aliphatic carbocycles. The Hall–Kier alpha value is -7.61. The fourth-order valence-corrected chi connectivity index (χ4v) is 13.0. The molecule has 1 aromatic heterocycles. The number of imide groups is 1. The number of aliphatic carboxylic acids is 1. The van der Waals surface area contributed by atoms with E-state index < -0.39 is 105 Å². The van der Waals surface area contributed by atoms with Crippen molar-refractivity contribution in [3.05, 3.63) is 107 Å². The number of thioether (sulfide) groups is 1. The number of allylic oxidation sites excluding steroid dienone is 6. The summed E-state index contributed by atoms with van der Waals surface area (Å²) in [5, 5.41) is 26.8. The first-order valence-corrected chi connectivity index (χ1v) is 31.7. The van der Waals surface area contributed by atoms with Gasteiger partial charge in [0.05, 0.1) is 40.0 Å². The largest absolute Gasteiger partial charge is 0.481 e. The van der Waals surface area contributed by atoms with Crippen LogP contribution in [0, 0.1) is 18.8 Å². The Morgan fingerprint density at radius 3 is 2.29 bits per heavy atom. The SMILES string of the molecule is CCN1C(=CC=CC=CC2=[N+](CCCCCC(=O)NCCN3C(=O)CC(SC[C@H](NC(=O)[C@@H](CC(=O)[C@H](Cc4cnc[nH]4)NC(=O)[C@H](CCC(=O)O)CC(C)=O)[C@@H](C)O)C(N)=O)C3=O)c3ccc(S(=O)(=O)O)cc3C2(C)C)C(C)(C)c2cc(C)ccc21. The number of imidazole rings is 1. The first-order valence-electron chi connectivity index (χ1n) is 29.2. The lowest BCUT2D eigenvalue weighted by Crippen LogP contribution is -2.51. The number of carboxylic acids is 1. The molecular weight excluding hydrogens is 1160 g/mol. The van der Waals surface area contributed by atoms with Gasteiger partial charge in [0.25, 0.3) is 10.1 Å². The number of hydrogen-bond donors (Lipinski definition) is 8. The number of hydrogen-bond acceptors (Lipinski definition) is 15. The van der Waals surface area contributed by atoms with Gasteiger partial charge < -0.3 is 46.6 Å². The van der Waals surface area contributed by atoms with Crippen LogP contribution in [0.25, 0.3) is 0 Å². The van der Waals surface area contributed by atoms with E-state index in [-0.39, 0.29) is 72.9 Å². The van der Waals surface area contributed by atoms with Gasteiger partial charge in [0.2, 0.25) is 41.1 Å². The van der Waals surface area contributed by atoms with Gasteiger partial charge in [0.1, 0.15) is 18.4 Å². The number of aliphatic hydroxyl groups excluding tert-OH is 1. The number of aromatic amines is 1. The number of amides is 6. The van der Waals surface area contributed by atoms with Crippen molar-refractivity contribution < 1.29 is 70.9 Å². The molecule has 9 N–H and O–H groups in total. The summed E-state index contributed by atoms with van der Waals surface area (Å²) in [5.74, 6) is -9.17. The van der Waals surface area contributed by atoms with Gasteiger partial charge in [-0.25, -0.2) is 4.98 Å². The molecule has 3 aliphatic rings. The van der Waals surface area contributed by atoms with Gasteiger partial charge in [-0.1, -0.05) is 49.8 Å². The van der Waals surface area contributed by atoms with Gasteiger partial charge in [0, 0.05) is 123 Å². The molecule has 4 heterocycles. The number of aliphatic hydroxyl groups is 1. The van der Waals surface area contributed by atoms with E-state index in [1.54, 1.807) is 6.07 Å². The molecule has 1 fully saturated rings. The van der Waals surface area contributed by atoms with Gasteiger partial charge in [-0.15, -0.1) is 11.8 Å². The maximum absolute atomic E-state index is 13.8. The number of anilines is 1. The van der Waals surface area contributed by atoms with Gasteiger partial charge in [-0.05, 0) is 90.6 Å². The predicted molar refractivity (Wildman–Crippen MR) is 328 cm³/mol. The molecule has 470 valence electrons. The number of rotatable bonds is 33. The van der Waals surface area contributed by atoms with E-state index in [0.29, 0.717) is 31.5 Å². The number of carbonyl (C=O) groups excluding carboxylic acids is 8. The number of carboxylic acid groups (broad SMARTS) is 1. The highest BCUT2D eigenvalue weighted by Gasteiger charge is 2.46. The molecule has 3 aromatic rings. The van der Waals surface area contributed by atoms with Gasteiger partial charge in [-0.2, -0.15) is 13.0 Å². The number of fused-ring (bicyclic) bond motifs is 2. The molecule has 23 nitrogen and oxygen atoms in total. The highest BCUT2D eigenvalue weighted by Crippen LogP contribution is 2.48. The molecule has 2 aromatic carbocycles. The third-order valence-corrected chi connectivity index (χ3v) is 18.3. The van der Waals surface area contributed by atoms with Gasteiger partial charge in [0.15, 0.2) is 11.5 Å². The van der Waals surface area contributed by atoms with Crippen molar-refractivity contribution in [3.63, 3.8) is 0 Å². The Bertz CT molecular complexity index is 3350. The zero-order valence-electron chi connectivity index (χ0n) is 50.6. The standard InChI is InChI=1S/C62H81N9O14S2/c1-9-69-48-22-19-37(2)28-44(48)61(5,6)52(69)16-12-10-13-17-53-62(7,8)45-31-42(87(83,84)85)21-23-49(45)70(53)26-15-11-14-18-54(75)65-25-27-71-55(76)33-51(60(71)82)86-35-47(57(63)79)68-59(81)43(39(4)73)32-50(74)46(30-41-34-64-36-66-41)67-58(80)40(29-38(3)72)20-24-56(77)78/h10,12-13,16-17,19,21-23,28,31,34,36,39-40,43,46-47,51,73H,9,11,14-15,18,20,24-27,29-30,32-33,35H2,1-8H3,(H7-,63,64,65,66,67,68,75,77,78,79,80,81,83,84,85)/p+1/t39-,40-,43+,46+,47+,51?/m1/s1. The van der Waals surface area contributed by atoms with Gasteiger partial charge in [-0.3, -0.25) is 47.8 Å². The number of aryl methyl sites for hydroxylation is 1. The van der Waals surface area contributed by atoms with E-state index in [1.165, 1.54) is 61.0 Å². The van der Waals surface area contributed by atoms with Crippen LogP contribution >= 0.6 is 11.8 Å². The Balaban J connectivity index is 0.993. The third kappa shape index (κ3) is 17.6. The zero-order valence-corrected chi connectivity index (χ0v) is 52.2. The summed E-state index contributed by atoms with van der Waals surface area (Å²) >= 11 is 0.898. The molecule has 6 atom stereocenters. The summed E-state index contributed by atoms with van der Waals surface area (Å²) in [6.07, 6.45) is 11.5. The van der Waals surface area contributed by atoms with Crippen LogP contribution in [0.2, 0.25) is 0 Å². The van der Waals surface area contributed by atoms with Crippen LogP contribution in [0.15, 0.2) is 89.9 Å². The minimum absolute atomic E-state index is 0.0212. The summed E-state index contributed by atoms with van der Waals surface area (Å²) in [5.41, 5.74) is 12.6. The minimum Gasteiger partial charge on any atom is -0.481 e. The molecule has 25 heteroatoms. The van der Waals surface area contributed by atoms with E-state index in [9.17, 15) is 66.3 Å². The van der Waals surface area contributed by atoms with Crippen molar-refractivity contribution in [1.82, 2.24) is 30.8 Å². The molecule has 1 saturated heterocycles. The Morgan fingerprint density at radius 1 is 0.920 bits per heavy atom. The maximum Gasteiger partial charge on any atom is 0.303 e. The normalized spacial score (nSPS) is 18.4. The predicted octanol–water partition coefficient (Wildman–Crippen LogP) is 4.81. The number of nitrogens with one attached hydrogen (secondary N) is 4. The molecule has 0 radical (unpaired) electrons. The quantitative estimate of drug-likeness (QED) is 0.0133. The number of nitrogens with two attached hydrogens (primary N) is 1. The van der Waals surface area contributed by atoms with Crippen LogP contribution in [0.3, 0.4) is 0 Å². The first-order chi connectivity index (χ1) is 40.9. The van der Waals surface area contributed by atoms with Crippen molar-refractivity contribution in [1.29, 1.82) is 0 Å². The lowest BCUT2D eigenvalue weighted by Gasteiger charge is -2.25. The number of unbranched alkanes of at least 4 members (excludes halogenated alkanes) is 2. The monoisotopic (exact) mass is 1240 g/mol. The van der Waals surface area contributed by atoms with E-state index in [1.807, 2.05) is 38.2 Å². The summed E-state index contributed by atoms with van der Waals surface area (Å²) in [4.78, 5) is 126. The molecule has 87 heavy (non-hydrogen) atoms. The summed E-state index contributed by atoms with van der Waals surface area (Å²) in [6.45, 7) is 16.4. The topological polar surface area (TPSA) is 349 Å². The molecule has 6 amide bonds. The number of likely N-dealkylation sites (N-methyl/N-ethyl adjacent to an activating group) is 1. The number of ketones is 2. The van der Waals surface area contributed by atoms with Gasteiger partial charge >= 0.3 is 5.97 Å². The number of carbonyl (C=O) groups is 9. The molecule has 0 saturated carbocycles. The Kier molecular flexibility index (Phi) is 23.5. The fourth-order valence-electron chi connectivity index (χ4n) is 11.3. The number of H-pyrrole nitrogens is 1. The molecule has 0 bridgehead atoms. The van der Waals surface area contributed by atoms with E-state index in [0.717, 1.165) is 40.2 Å². The highest BCUT2D eigenvalue weighted by molar-refractivity contribution is 8.00. The fraction of sp³-hybridized carbons (Fsp3) is 0.500. The van der Waals surface area contributed by atoms with E-state index in [4.69, 9.17) is 5.73 Å². The lowest BCUT2D eigenvalue weighted by atomic mass is 9.81. The number of nitrogens with zero attached hydrogens (tertiary/aromatic N) is 4.